The van der Waals surface area contributed by atoms with Crippen LogP contribution in [0.5, 0.6) is 0 Å². The van der Waals surface area contributed by atoms with Crippen LogP contribution in [0.15, 0.2) is 0 Å². The van der Waals surface area contributed by atoms with Gasteiger partial charge in [-0.3, -0.25) is 0 Å². The lowest BCUT2D eigenvalue weighted by Crippen LogP contribution is -2.52. The van der Waals surface area contributed by atoms with E-state index in [4.69, 9.17) is 4.74 Å². The molecule has 1 aliphatic heterocycles. The summed E-state index contributed by atoms with van der Waals surface area (Å²) in [5, 5.41) is 2.46. The van der Waals surface area contributed by atoms with Gasteiger partial charge < -0.3 is 10.1 Å². The largest absolute Gasteiger partial charge is 0.381 e. The third kappa shape index (κ3) is 3.69. The van der Waals surface area contributed by atoms with E-state index in [1.807, 2.05) is 6.92 Å². The molecule has 1 aliphatic rings. The van der Waals surface area contributed by atoms with Gasteiger partial charge in [-0.05, 0) is 33.7 Å². The minimum atomic E-state index is -3.25. The van der Waals surface area contributed by atoms with Crippen LogP contribution in [0.3, 0.4) is 0 Å². The Morgan fingerprint density at radius 3 is 2.44 bits per heavy atom. The van der Waals surface area contributed by atoms with Gasteiger partial charge in [0.05, 0.1) is 5.25 Å². The quantitative estimate of drug-likeness (QED) is 0.725. The van der Waals surface area contributed by atoms with Crippen LogP contribution in [0.1, 0.15) is 26.7 Å². The molecule has 0 radical (unpaired) electrons. The molecular weight excluding hydrogens is 228 g/mol. The highest BCUT2D eigenvalue weighted by atomic mass is 32.2. The van der Waals surface area contributed by atoms with Crippen molar-refractivity contribution >= 4 is 10.0 Å². The highest BCUT2D eigenvalue weighted by Gasteiger charge is 2.33. The number of ether oxygens (including phenoxy) is 1. The Kier molecular flexibility index (Phi) is 4.73. The molecule has 6 heteroatoms. The van der Waals surface area contributed by atoms with E-state index < -0.39 is 15.3 Å². The molecule has 0 aliphatic carbocycles. The summed E-state index contributed by atoms with van der Waals surface area (Å²) in [6.45, 7) is 5.36. The highest BCUT2D eigenvalue weighted by molar-refractivity contribution is 7.90. The number of nitrogens with one attached hydrogen (secondary N) is 2. The second-order valence-corrected chi connectivity index (χ2v) is 6.79. The second-order valence-electron chi connectivity index (χ2n) is 4.69. The molecule has 0 aromatic rings. The van der Waals surface area contributed by atoms with Crippen LogP contribution in [-0.2, 0) is 14.8 Å². The normalized spacial score (nSPS) is 22.9. The molecule has 2 N–H and O–H groups in total. The van der Waals surface area contributed by atoms with E-state index in [2.05, 4.69) is 10.0 Å². The van der Waals surface area contributed by atoms with Crippen LogP contribution in [0.4, 0.5) is 0 Å². The lowest BCUT2D eigenvalue weighted by Gasteiger charge is -2.35. The Morgan fingerprint density at radius 2 is 1.94 bits per heavy atom. The molecule has 0 saturated carbocycles. The first-order valence-corrected chi connectivity index (χ1v) is 7.19. The summed E-state index contributed by atoms with van der Waals surface area (Å²) in [7, 11) is -1.50. The van der Waals surface area contributed by atoms with Crippen LogP contribution in [-0.4, -0.2) is 46.0 Å². The zero-order valence-electron chi connectivity index (χ0n) is 10.2. The molecule has 0 bridgehead atoms. The van der Waals surface area contributed by atoms with Gasteiger partial charge in [0, 0.05) is 25.3 Å². The van der Waals surface area contributed by atoms with Crippen molar-refractivity contribution in [1.82, 2.24) is 10.0 Å². The van der Waals surface area contributed by atoms with Gasteiger partial charge in [-0.15, -0.1) is 0 Å². The van der Waals surface area contributed by atoms with Crippen LogP contribution in [0, 0.1) is 0 Å². The van der Waals surface area contributed by atoms with E-state index in [0.717, 1.165) is 12.8 Å². The van der Waals surface area contributed by atoms with Crippen molar-refractivity contribution in [1.29, 1.82) is 0 Å². The molecule has 16 heavy (non-hydrogen) atoms. The Labute approximate surface area is 98.0 Å². The third-order valence-electron chi connectivity index (χ3n) is 3.01. The first-order chi connectivity index (χ1) is 7.40. The molecule has 1 saturated heterocycles. The van der Waals surface area contributed by atoms with Crippen molar-refractivity contribution in [2.24, 2.45) is 0 Å². The number of rotatable bonds is 5. The second kappa shape index (κ2) is 5.44. The molecule has 1 heterocycles. The summed E-state index contributed by atoms with van der Waals surface area (Å²) in [4.78, 5) is 0. The van der Waals surface area contributed by atoms with Crippen molar-refractivity contribution in [3.05, 3.63) is 0 Å². The predicted molar refractivity (Wildman–Crippen MR) is 63.9 cm³/mol. The molecule has 5 nitrogen and oxygen atoms in total. The molecule has 0 amide bonds. The Bertz CT molecular complexity index is 310. The zero-order valence-corrected chi connectivity index (χ0v) is 11.1. The summed E-state index contributed by atoms with van der Waals surface area (Å²) in [5.41, 5.74) is -0.348. The van der Waals surface area contributed by atoms with E-state index in [0.29, 0.717) is 19.8 Å². The zero-order chi connectivity index (χ0) is 12.2. The average Bonchev–Trinajstić information content (AvgIpc) is 2.17. The molecule has 1 unspecified atom stereocenters. The topological polar surface area (TPSA) is 67.4 Å². The monoisotopic (exact) mass is 250 g/mol. The van der Waals surface area contributed by atoms with Crippen LogP contribution >= 0.6 is 0 Å². The van der Waals surface area contributed by atoms with Crippen molar-refractivity contribution < 1.29 is 13.2 Å². The fraction of sp³-hybridized carbons (Fsp3) is 1.00. The summed E-state index contributed by atoms with van der Waals surface area (Å²) < 4.78 is 32.1. The maximum atomic E-state index is 12.0. The fourth-order valence-corrected chi connectivity index (χ4v) is 3.24. The van der Waals surface area contributed by atoms with Gasteiger partial charge in [-0.2, -0.15) is 0 Å². The number of sulfonamides is 1. The Hall–Kier alpha value is -0.170. The maximum absolute atomic E-state index is 12.0. The Morgan fingerprint density at radius 1 is 1.38 bits per heavy atom. The van der Waals surface area contributed by atoms with Gasteiger partial charge in [0.15, 0.2) is 0 Å². The highest BCUT2D eigenvalue weighted by Crippen LogP contribution is 2.21. The molecule has 1 atom stereocenters. The van der Waals surface area contributed by atoms with Gasteiger partial charge in [0.2, 0.25) is 10.0 Å². The van der Waals surface area contributed by atoms with Gasteiger partial charge in [-0.1, -0.05) is 0 Å². The molecule has 0 aromatic heterocycles. The van der Waals surface area contributed by atoms with E-state index in [-0.39, 0.29) is 5.54 Å². The Balaban J connectivity index is 2.63. The van der Waals surface area contributed by atoms with Gasteiger partial charge in [-0.25, -0.2) is 13.1 Å². The fourth-order valence-electron chi connectivity index (χ4n) is 1.77. The van der Waals surface area contributed by atoms with Gasteiger partial charge >= 0.3 is 0 Å². The number of hydrogen-bond donors (Lipinski definition) is 2. The molecule has 96 valence electrons. The van der Waals surface area contributed by atoms with Crippen molar-refractivity contribution in [3.63, 3.8) is 0 Å². The minimum absolute atomic E-state index is 0.348. The maximum Gasteiger partial charge on any atom is 0.215 e. The number of hydrogen-bond acceptors (Lipinski definition) is 4. The first kappa shape index (κ1) is 13.9. The van der Waals surface area contributed by atoms with Gasteiger partial charge in [0.1, 0.15) is 0 Å². The smallest absolute Gasteiger partial charge is 0.215 e. The SMILES string of the molecule is CNCC(C)S(=O)(=O)NC1(C)CCOCC1. The van der Waals surface area contributed by atoms with Crippen molar-refractivity contribution in [2.45, 2.75) is 37.5 Å². The molecule has 1 rings (SSSR count). The average molecular weight is 250 g/mol. The molecule has 0 spiro atoms. The molecule has 0 aromatic carbocycles. The van der Waals surface area contributed by atoms with E-state index in [1.54, 1.807) is 14.0 Å². The van der Waals surface area contributed by atoms with Crippen molar-refractivity contribution in [2.75, 3.05) is 26.8 Å². The van der Waals surface area contributed by atoms with E-state index >= 15 is 0 Å². The summed E-state index contributed by atoms with van der Waals surface area (Å²) in [5.74, 6) is 0. The predicted octanol–water partition coefficient (Wildman–Crippen LogP) is 0.0828. The van der Waals surface area contributed by atoms with Gasteiger partial charge in [0.25, 0.3) is 0 Å². The molecule has 1 fully saturated rings. The summed E-state index contributed by atoms with van der Waals surface area (Å²) >= 11 is 0. The van der Waals surface area contributed by atoms with Crippen LogP contribution < -0.4 is 10.0 Å². The van der Waals surface area contributed by atoms with Crippen LogP contribution in [0.25, 0.3) is 0 Å². The minimum Gasteiger partial charge on any atom is -0.381 e. The van der Waals surface area contributed by atoms with E-state index in [9.17, 15) is 8.42 Å². The van der Waals surface area contributed by atoms with Crippen LogP contribution in [0.2, 0.25) is 0 Å². The first-order valence-electron chi connectivity index (χ1n) is 5.65. The van der Waals surface area contributed by atoms with Crippen molar-refractivity contribution in [3.8, 4) is 0 Å². The molecular formula is C10H22N2O3S. The summed E-state index contributed by atoms with van der Waals surface area (Å²) in [6.07, 6.45) is 1.47. The lowest BCUT2D eigenvalue weighted by atomic mass is 9.94. The lowest BCUT2D eigenvalue weighted by molar-refractivity contribution is 0.0537. The summed E-state index contributed by atoms with van der Waals surface area (Å²) in [6, 6.07) is 0. The third-order valence-corrected chi connectivity index (χ3v) is 5.01. The van der Waals surface area contributed by atoms with E-state index in [1.165, 1.54) is 0 Å². The standard InChI is InChI=1S/C10H22N2O3S/c1-9(8-11-3)16(13,14)12-10(2)4-6-15-7-5-10/h9,11-12H,4-8H2,1-3H3.